The molecule has 0 spiro atoms. The van der Waals surface area contributed by atoms with Crippen LogP contribution in [0.3, 0.4) is 0 Å². The zero-order chi connectivity index (χ0) is 13.8. The largest absolute Gasteiger partial charge is 0.490 e. The van der Waals surface area contributed by atoms with E-state index in [0.717, 1.165) is 5.56 Å². The zero-order valence-electron chi connectivity index (χ0n) is 10.2. The van der Waals surface area contributed by atoms with Gasteiger partial charge in [-0.3, -0.25) is 10.1 Å². The van der Waals surface area contributed by atoms with Crippen LogP contribution < -0.4 is 4.74 Å². The van der Waals surface area contributed by atoms with Crippen LogP contribution in [0.1, 0.15) is 11.3 Å². The van der Waals surface area contributed by atoms with Crippen LogP contribution >= 0.6 is 0 Å². The number of rotatable bonds is 4. The first-order valence-electron chi connectivity index (χ1n) is 5.52. The fourth-order valence-corrected chi connectivity index (χ4v) is 1.83. The topological polar surface area (TPSA) is 81.1 Å². The van der Waals surface area contributed by atoms with Crippen molar-refractivity contribution < 1.29 is 9.66 Å². The normalized spacial score (nSPS) is 9.89. The van der Waals surface area contributed by atoms with Gasteiger partial charge in [0.15, 0.2) is 5.75 Å². The molecule has 2 aromatic rings. The molecule has 2 rings (SSSR count). The number of nitrogens with zero attached hydrogens (tertiary/aromatic N) is 3. The van der Waals surface area contributed by atoms with Gasteiger partial charge in [0, 0.05) is 18.8 Å². The van der Waals surface area contributed by atoms with Gasteiger partial charge in [-0.1, -0.05) is 6.07 Å². The second-order valence-electron chi connectivity index (χ2n) is 3.90. The molecule has 1 heterocycles. The monoisotopic (exact) mass is 257 g/mol. The van der Waals surface area contributed by atoms with Crippen molar-refractivity contribution in [3.8, 4) is 11.8 Å². The van der Waals surface area contributed by atoms with Crippen molar-refractivity contribution in [1.29, 1.82) is 5.26 Å². The molecule has 0 aliphatic carbocycles. The third-order valence-electron chi connectivity index (χ3n) is 2.74. The molecule has 6 heteroatoms. The highest BCUT2D eigenvalue weighted by Gasteiger charge is 2.15. The Kier molecular flexibility index (Phi) is 3.48. The second-order valence-corrected chi connectivity index (χ2v) is 3.90. The number of ether oxygens (including phenoxy) is 1. The summed E-state index contributed by atoms with van der Waals surface area (Å²) in [5, 5.41) is 19.8. The summed E-state index contributed by atoms with van der Waals surface area (Å²) in [5.41, 5.74) is 1.17. The molecule has 96 valence electrons. The lowest BCUT2D eigenvalue weighted by Gasteiger charge is -2.07. The minimum absolute atomic E-state index is 0.0781. The van der Waals surface area contributed by atoms with E-state index in [1.165, 1.54) is 13.2 Å². The van der Waals surface area contributed by atoms with Crippen molar-refractivity contribution in [3.05, 3.63) is 57.9 Å². The first kappa shape index (κ1) is 12.6. The van der Waals surface area contributed by atoms with Gasteiger partial charge in [0.2, 0.25) is 0 Å². The van der Waals surface area contributed by atoms with Gasteiger partial charge >= 0.3 is 5.69 Å². The van der Waals surface area contributed by atoms with Gasteiger partial charge in [-0.2, -0.15) is 5.26 Å². The zero-order valence-corrected chi connectivity index (χ0v) is 10.2. The van der Waals surface area contributed by atoms with Gasteiger partial charge in [-0.15, -0.1) is 0 Å². The molecular formula is C13H11N3O3. The molecule has 0 unspecified atom stereocenters. The molecule has 0 aliphatic rings. The van der Waals surface area contributed by atoms with Crippen molar-refractivity contribution in [2.45, 2.75) is 6.54 Å². The van der Waals surface area contributed by atoms with Crippen molar-refractivity contribution in [1.82, 2.24) is 4.57 Å². The summed E-state index contributed by atoms with van der Waals surface area (Å²) in [5.74, 6) is 0.224. The van der Waals surface area contributed by atoms with E-state index < -0.39 is 4.92 Å². The SMILES string of the molecule is COc1ccc(Cn2cccc2C#N)cc1[N+](=O)[O-]. The van der Waals surface area contributed by atoms with Crippen LogP contribution in [0.25, 0.3) is 0 Å². The third kappa shape index (κ3) is 2.55. The fourth-order valence-electron chi connectivity index (χ4n) is 1.83. The first-order chi connectivity index (χ1) is 9.15. The lowest BCUT2D eigenvalue weighted by atomic mass is 10.2. The molecule has 0 bridgehead atoms. The summed E-state index contributed by atoms with van der Waals surface area (Å²) in [7, 11) is 1.39. The first-order valence-corrected chi connectivity index (χ1v) is 5.52. The summed E-state index contributed by atoms with van der Waals surface area (Å²) in [4.78, 5) is 10.4. The van der Waals surface area contributed by atoms with Crippen LogP contribution in [0.4, 0.5) is 5.69 Å². The molecule has 0 saturated carbocycles. The summed E-state index contributed by atoms with van der Waals surface area (Å²) in [6, 6.07) is 10.3. The van der Waals surface area contributed by atoms with Gasteiger partial charge in [0.25, 0.3) is 0 Å². The molecule has 1 aromatic heterocycles. The predicted octanol–water partition coefficient (Wildman–Crippen LogP) is 2.32. The van der Waals surface area contributed by atoms with Crippen molar-refractivity contribution in [2.75, 3.05) is 7.11 Å². The third-order valence-corrected chi connectivity index (χ3v) is 2.74. The van der Waals surface area contributed by atoms with E-state index in [-0.39, 0.29) is 11.4 Å². The summed E-state index contributed by atoms with van der Waals surface area (Å²) >= 11 is 0. The number of benzene rings is 1. The lowest BCUT2D eigenvalue weighted by Crippen LogP contribution is -2.02. The Morgan fingerprint density at radius 1 is 1.47 bits per heavy atom. The van der Waals surface area contributed by atoms with Gasteiger partial charge < -0.3 is 9.30 Å². The molecular weight excluding hydrogens is 246 g/mol. The summed E-state index contributed by atoms with van der Waals surface area (Å²) in [6.07, 6.45) is 1.76. The Bertz CT molecular complexity index is 655. The Morgan fingerprint density at radius 2 is 2.26 bits per heavy atom. The minimum Gasteiger partial charge on any atom is -0.490 e. The smallest absolute Gasteiger partial charge is 0.311 e. The van der Waals surface area contributed by atoms with E-state index in [1.807, 2.05) is 0 Å². The fraction of sp³-hybridized carbons (Fsp3) is 0.154. The van der Waals surface area contributed by atoms with Crippen molar-refractivity contribution in [2.24, 2.45) is 0 Å². The van der Waals surface area contributed by atoms with Crippen LogP contribution in [0.2, 0.25) is 0 Å². The lowest BCUT2D eigenvalue weighted by molar-refractivity contribution is -0.385. The van der Waals surface area contributed by atoms with Crippen molar-refractivity contribution in [3.63, 3.8) is 0 Å². The van der Waals surface area contributed by atoms with E-state index in [4.69, 9.17) is 10.00 Å². The highest BCUT2D eigenvalue weighted by molar-refractivity contribution is 5.48. The highest BCUT2D eigenvalue weighted by Crippen LogP contribution is 2.27. The molecule has 0 fully saturated rings. The molecule has 6 nitrogen and oxygen atoms in total. The van der Waals surface area contributed by atoms with E-state index in [9.17, 15) is 10.1 Å². The number of aromatic nitrogens is 1. The Balaban J connectivity index is 2.34. The Morgan fingerprint density at radius 3 is 2.89 bits per heavy atom. The quantitative estimate of drug-likeness (QED) is 0.621. The molecule has 0 radical (unpaired) electrons. The standard InChI is InChI=1S/C13H11N3O3/c1-19-13-5-4-10(7-12(13)16(17)18)9-15-6-2-3-11(15)8-14/h2-7H,9H2,1H3. The number of methoxy groups -OCH3 is 1. The number of nitro benzene ring substituents is 1. The average Bonchev–Trinajstić information content (AvgIpc) is 2.85. The van der Waals surface area contributed by atoms with Gasteiger partial charge in [-0.25, -0.2) is 0 Å². The Labute approximate surface area is 109 Å². The minimum atomic E-state index is -0.483. The van der Waals surface area contributed by atoms with Gasteiger partial charge in [0.05, 0.1) is 12.0 Å². The van der Waals surface area contributed by atoms with Crippen LogP contribution in [0, 0.1) is 21.4 Å². The highest BCUT2D eigenvalue weighted by atomic mass is 16.6. The molecule has 0 saturated heterocycles. The number of hydrogen-bond donors (Lipinski definition) is 0. The van der Waals surface area contributed by atoms with Gasteiger partial charge in [0.1, 0.15) is 11.8 Å². The van der Waals surface area contributed by atoms with Gasteiger partial charge in [-0.05, 0) is 23.8 Å². The molecule has 0 atom stereocenters. The predicted molar refractivity (Wildman–Crippen MR) is 67.9 cm³/mol. The van der Waals surface area contributed by atoms with E-state index in [1.54, 1.807) is 35.0 Å². The van der Waals surface area contributed by atoms with E-state index in [2.05, 4.69) is 6.07 Å². The van der Waals surface area contributed by atoms with Crippen LogP contribution in [0.5, 0.6) is 5.75 Å². The van der Waals surface area contributed by atoms with E-state index >= 15 is 0 Å². The van der Waals surface area contributed by atoms with Crippen molar-refractivity contribution >= 4 is 5.69 Å². The van der Waals surface area contributed by atoms with Crippen LogP contribution in [0.15, 0.2) is 36.5 Å². The molecule has 0 N–H and O–H groups in total. The number of nitro groups is 1. The summed E-state index contributed by atoms with van der Waals surface area (Å²) in [6.45, 7) is 0.403. The number of nitriles is 1. The Hall–Kier alpha value is -2.81. The maximum atomic E-state index is 10.9. The van der Waals surface area contributed by atoms with Crippen LogP contribution in [-0.4, -0.2) is 16.6 Å². The maximum absolute atomic E-state index is 10.9. The average molecular weight is 257 g/mol. The maximum Gasteiger partial charge on any atom is 0.311 e. The molecule has 0 aliphatic heterocycles. The molecule has 1 aromatic carbocycles. The molecule has 19 heavy (non-hydrogen) atoms. The summed E-state index contributed by atoms with van der Waals surface area (Å²) < 4.78 is 6.67. The number of hydrogen-bond acceptors (Lipinski definition) is 4. The second kappa shape index (κ2) is 5.23. The van der Waals surface area contributed by atoms with Crippen LogP contribution in [-0.2, 0) is 6.54 Å². The van der Waals surface area contributed by atoms with E-state index in [0.29, 0.717) is 12.2 Å². The molecule has 0 amide bonds.